The summed E-state index contributed by atoms with van der Waals surface area (Å²) in [4.78, 5) is 12.1. The van der Waals surface area contributed by atoms with Gasteiger partial charge in [0.05, 0.1) is 12.9 Å². The SMILES string of the molecule is N=c1ncn(Cc2c(Cl)cccc2Cl)c2nc(C3=CCNCC3)[nH]c12. The second kappa shape index (κ2) is 6.63. The molecule has 0 radical (unpaired) electrons. The van der Waals surface area contributed by atoms with E-state index in [1.54, 1.807) is 6.33 Å². The van der Waals surface area contributed by atoms with Crippen molar-refractivity contribution in [2.45, 2.75) is 13.0 Å². The van der Waals surface area contributed by atoms with Crippen LogP contribution in [0.25, 0.3) is 16.7 Å². The number of imidazole rings is 1. The summed E-state index contributed by atoms with van der Waals surface area (Å²) in [5, 5.41) is 12.6. The summed E-state index contributed by atoms with van der Waals surface area (Å²) in [7, 11) is 0. The molecule has 6 nitrogen and oxygen atoms in total. The van der Waals surface area contributed by atoms with Crippen molar-refractivity contribution in [1.82, 2.24) is 24.8 Å². The number of H-pyrrole nitrogens is 1. The number of rotatable bonds is 3. The van der Waals surface area contributed by atoms with Crippen molar-refractivity contribution in [3.8, 4) is 0 Å². The summed E-state index contributed by atoms with van der Waals surface area (Å²) in [6.45, 7) is 2.19. The largest absolute Gasteiger partial charge is 0.334 e. The molecule has 128 valence electrons. The standard InChI is InChI=1S/C17H16Cl2N6/c18-12-2-1-3-13(19)11(12)8-25-9-22-15(20)14-17(25)24-16(23-14)10-4-6-21-7-5-10/h1-4,9,20-21H,5-8H2,(H,23,24). The average molecular weight is 375 g/mol. The molecule has 0 unspecified atom stereocenters. The topological polar surface area (TPSA) is 82.4 Å². The first-order valence-electron chi connectivity index (χ1n) is 7.96. The van der Waals surface area contributed by atoms with Crippen LogP contribution in [0.5, 0.6) is 0 Å². The van der Waals surface area contributed by atoms with E-state index < -0.39 is 0 Å². The average Bonchev–Trinajstić information content (AvgIpc) is 3.07. The second-order valence-electron chi connectivity index (χ2n) is 5.89. The smallest absolute Gasteiger partial charge is 0.173 e. The molecule has 0 bridgehead atoms. The Labute approximate surface area is 154 Å². The number of hydrogen-bond donors (Lipinski definition) is 3. The Balaban J connectivity index is 1.82. The Bertz CT molecular complexity index is 1010. The number of halogens is 2. The van der Waals surface area contributed by atoms with E-state index >= 15 is 0 Å². The molecule has 0 spiro atoms. The summed E-state index contributed by atoms with van der Waals surface area (Å²) < 4.78 is 1.86. The van der Waals surface area contributed by atoms with Crippen molar-refractivity contribution < 1.29 is 0 Å². The molecule has 0 atom stereocenters. The maximum absolute atomic E-state index is 8.07. The van der Waals surface area contributed by atoms with E-state index in [4.69, 9.17) is 33.6 Å². The minimum absolute atomic E-state index is 0.171. The highest BCUT2D eigenvalue weighted by Crippen LogP contribution is 2.26. The van der Waals surface area contributed by atoms with Crippen molar-refractivity contribution in [3.05, 3.63) is 57.5 Å². The summed E-state index contributed by atoms with van der Waals surface area (Å²) >= 11 is 12.6. The van der Waals surface area contributed by atoms with Gasteiger partial charge in [-0.3, -0.25) is 5.41 Å². The molecule has 0 fully saturated rings. The van der Waals surface area contributed by atoms with Gasteiger partial charge in [-0.05, 0) is 30.7 Å². The molecular weight excluding hydrogens is 359 g/mol. The highest BCUT2D eigenvalue weighted by molar-refractivity contribution is 6.36. The van der Waals surface area contributed by atoms with Gasteiger partial charge in [0.15, 0.2) is 11.1 Å². The zero-order valence-electron chi connectivity index (χ0n) is 13.3. The third-order valence-corrected chi connectivity index (χ3v) is 4.99. The van der Waals surface area contributed by atoms with Crippen LogP contribution in [0.3, 0.4) is 0 Å². The Hall–Kier alpha value is -2.15. The van der Waals surface area contributed by atoms with Gasteiger partial charge >= 0.3 is 0 Å². The molecule has 0 saturated heterocycles. The summed E-state index contributed by atoms with van der Waals surface area (Å²) in [5.74, 6) is 0.789. The first-order valence-corrected chi connectivity index (χ1v) is 8.72. The fourth-order valence-electron chi connectivity index (χ4n) is 2.94. The van der Waals surface area contributed by atoms with Crippen LogP contribution in [0.2, 0.25) is 10.0 Å². The van der Waals surface area contributed by atoms with Crippen LogP contribution in [-0.2, 0) is 6.54 Å². The molecule has 1 aromatic carbocycles. The minimum atomic E-state index is 0.171. The van der Waals surface area contributed by atoms with Gasteiger partial charge in [0.2, 0.25) is 0 Å². The highest BCUT2D eigenvalue weighted by atomic mass is 35.5. The number of nitrogens with one attached hydrogen (secondary N) is 3. The van der Waals surface area contributed by atoms with Crippen LogP contribution in [-0.4, -0.2) is 32.6 Å². The summed E-state index contributed by atoms with van der Waals surface area (Å²) in [6, 6.07) is 5.43. The molecule has 2 aromatic heterocycles. The molecular formula is C17H16Cl2N6. The quantitative estimate of drug-likeness (QED) is 0.658. The lowest BCUT2D eigenvalue weighted by molar-refractivity contribution is 0.735. The molecule has 3 heterocycles. The van der Waals surface area contributed by atoms with Crippen molar-refractivity contribution >= 4 is 39.9 Å². The lowest BCUT2D eigenvalue weighted by Gasteiger charge is -2.11. The van der Waals surface area contributed by atoms with Crippen LogP contribution >= 0.6 is 23.2 Å². The normalized spacial score (nSPS) is 14.7. The van der Waals surface area contributed by atoms with Gasteiger partial charge in [-0.15, -0.1) is 0 Å². The Morgan fingerprint density at radius 3 is 2.76 bits per heavy atom. The van der Waals surface area contributed by atoms with Gasteiger partial charge in [0.1, 0.15) is 11.3 Å². The zero-order valence-corrected chi connectivity index (χ0v) is 14.8. The van der Waals surface area contributed by atoms with Gasteiger partial charge < -0.3 is 14.9 Å². The Morgan fingerprint density at radius 2 is 2.04 bits per heavy atom. The minimum Gasteiger partial charge on any atom is -0.334 e. The molecule has 1 aliphatic rings. The summed E-state index contributed by atoms with van der Waals surface area (Å²) in [6.07, 6.45) is 4.62. The number of fused-ring (bicyclic) bond motifs is 1. The van der Waals surface area contributed by atoms with Gasteiger partial charge in [-0.1, -0.05) is 35.3 Å². The first kappa shape index (κ1) is 16.3. The van der Waals surface area contributed by atoms with Gasteiger partial charge in [-0.2, -0.15) is 0 Å². The van der Waals surface area contributed by atoms with E-state index in [2.05, 4.69) is 21.4 Å². The van der Waals surface area contributed by atoms with Crippen LogP contribution in [0.1, 0.15) is 17.8 Å². The molecule has 0 saturated carbocycles. The Kier molecular flexibility index (Phi) is 4.33. The van der Waals surface area contributed by atoms with Crippen molar-refractivity contribution in [2.24, 2.45) is 0 Å². The molecule has 0 amide bonds. The third kappa shape index (κ3) is 3.08. The lowest BCUT2D eigenvalue weighted by atomic mass is 10.1. The van der Waals surface area contributed by atoms with Crippen LogP contribution < -0.4 is 10.8 Å². The fourth-order valence-corrected chi connectivity index (χ4v) is 3.46. The van der Waals surface area contributed by atoms with Crippen LogP contribution in [0.4, 0.5) is 0 Å². The first-order chi connectivity index (χ1) is 12.1. The van der Waals surface area contributed by atoms with Crippen LogP contribution in [0.15, 0.2) is 30.6 Å². The van der Waals surface area contributed by atoms with Crippen molar-refractivity contribution in [2.75, 3.05) is 13.1 Å². The van der Waals surface area contributed by atoms with Crippen LogP contribution in [0, 0.1) is 5.41 Å². The maximum Gasteiger partial charge on any atom is 0.173 e. The second-order valence-corrected chi connectivity index (χ2v) is 6.70. The van der Waals surface area contributed by atoms with E-state index in [9.17, 15) is 0 Å². The molecule has 4 rings (SSSR count). The number of nitrogens with zero attached hydrogens (tertiary/aromatic N) is 3. The Morgan fingerprint density at radius 1 is 1.24 bits per heavy atom. The monoisotopic (exact) mass is 374 g/mol. The predicted molar refractivity (Wildman–Crippen MR) is 98.8 cm³/mol. The van der Waals surface area contributed by atoms with E-state index in [-0.39, 0.29) is 5.49 Å². The molecule has 8 heteroatoms. The van der Waals surface area contributed by atoms with Gasteiger partial charge in [-0.25, -0.2) is 9.97 Å². The molecule has 0 aliphatic carbocycles. The van der Waals surface area contributed by atoms with Gasteiger partial charge in [0.25, 0.3) is 0 Å². The summed E-state index contributed by atoms with van der Waals surface area (Å²) in [5.41, 5.74) is 3.41. The zero-order chi connectivity index (χ0) is 17.4. The molecule has 3 N–H and O–H groups in total. The fraction of sp³-hybridized carbons (Fsp3) is 0.235. The predicted octanol–water partition coefficient (Wildman–Crippen LogP) is 2.97. The number of aromatic nitrogens is 4. The van der Waals surface area contributed by atoms with Gasteiger partial charge in [0, 0.05) is 22.2 Å². The number of benzene rings is 1. The number of hydrogen-bond acceptors (Lipinski definition) is 4. The molecule has 25 heavy (non-hydrogen) atoms. The van der Waals surface area contributed by atoms with E-state index in [0.29, 0.717) is 27.8 Å². The van der Waals surface area contributed by atoms with E-state index in [1.807, 2.05) is 22.8 Å². The van der Waals surface area contributed by atoms with Crippen molar-refractivity contribution in [3.63, 3.8) is 0 Å². The lowest BCUT2D eigenvalue weighted by Crippen LogP contribution is -2.20. The number of aromatic amines is 1. The highest BCUT2D eigenvalue weighted by Gasteiger charge is 2.15. The van der Waals surface area contributed by atoms with E-state index in [1.165, 1.54) is 0 Å². The third-order valence-electron chi connectivity index (χ3n) is 4.28. The maximum atomic E-state index is 8.07. The molecule has 1 aliphatic heterocycles. The van der Waals surface area contributed by atoms with E-state index in [0.717, 1.165) is 36.5 Å². The molecule has 3 aromatic rings. The van der Waals surface area contributed by atoms with Crippen molar-refractivity contribution in [1.29, 1.82) is 5.41 Å².